The van der Waals surface area contributed by atoms with E-state index in [0.29, 0.717) is 5.69 Å². The Bertz CT molecular complexity index is 886. The molecule has 0 atom stereocenters. The first-order chi connectivity index (χ1) is 10.2. The van der Waals surface area contributed by atoms with Crippen molar-refractivity contribution in [3.63, 3.8) is 0 Å². The van der Waals surface area contributed by atoms with Gasteiger partial charge in [-0.15, -0.1) is 4.58 Å². The molecule has 1 aliphatic heterocycles. The fourth-order valence-corrected chi connectivity index (χ4v) is 2.38. The Morgan fingerprint density at radius 1 is 1.14 bits per heavy atom. The van der Waals surface area contributed by atoms with Crippen molar-refractivity contribution in [2.45, 2.75) is 0 Å². The maximum absolute atomic E-state index is 11.4. The van der Waals surface area contributed by atoms with Crippen LogP contribution in [0.25, 0.3) is 6.08 Å². The van der Waals surface area contributed by atoms with E-state index in [1.165, 1.54) is 11.4 Å². The lowest BCUT2D eigenvalue weighted by atomic mass is 10.2. The zero-order valence-corrected chi connectivity index (χ0v) is 11.8. The molecule has 1 amide bonds. The highest BCUT2D eigenvalue weighted by atomic mass is 32.1. The van der Waals surface area contributed by atoms with Crippen molar-refractivity contribution in [2.24, 2.45) is 0 Å². The highest BCUT2D eigenvalue weighted by Crippen LogP contribution is 2.18. The van der Waals surface area contributed by atoms with Crippen LogP contribution in [0.2, 0.25) is 0 Å². The second-order valence-electron chi connectivity index (χ2n) is 4.55. The first kappa shape index (κ1) is 13.3. The fourth-order valence-electron chi connectivity index (χ4n) is 2.27. The molecule has 0 radical (unpaired) electrons. The van der Waals surface area contributed by atoms with Gasteiger partial charge >= 0.3 is 11.8 Å². The van der Waals surface area contributed by atoms with Crippen molar-refractivity contribution in [3.8, 4) is 0 Å². The van der Waals surface area contributed by atoms with Gasteiger partial charge in [-0.3, -0.25) is 0 Å². The van der Waals surface area contributed by atoms with Gasteiger partial charge in [-0.05, 0) is 6.07 Å². The van der Waals surface area contributed by atoms with Gasteiger partial charge in [0.1, 0.15) is 5.37 Å². The van der Waals surface area contributed by atoms with Gasteiger partial charge in [-0.1, -0.05) is 30.4 Å². The highest BCUT2D eigenvalue weighted by Gasteiger charge is 2.21. The molecule has 0 spiro atoms. The number of fused-ring (bicyclic) bond motifs is 1. The van der Waals surface area contributed by atoms with E-state index in [-0.39, 0.29) is 11.8 Å². The minimum Gasteiger partial charge on any atom is -0.459 e. The van der Waals surface area contributed by atoms with Gasteiger partial charge in [0.2, 0.25) is 16.7 Å². The maximum Gasteiger partial charge on any atom is 0.411 e. The standard InChI is InChI=1S/C16H10N2O2S/c19-15-8-11-6-7-13(9-14(11)17-15)18(16(20)10-21)12-4-2-1-3-5-12/h1-10H/p+2. The number of aliphatic hydroxyl groups excluding tert-OH is 1. The lowest BCUT2D eigenvalue weighted by Crippen LogP contribution is -2.79. The summed E-state index contributed by atoms with van der Waals surface area (Å²) in [6, 6.07) is 14.9. The molecule has 2 aromatic carbocycles. The van der Waals surface area contributed by atoms with Gasteiger partial charge in [0.05, 0.1) is 17.4 Å². The number of para-hydroxylation sites is 1. The lowest BCUT2D eigenvalue weighted by Gasteiger charge is -2.01. The molecule has 0 bridgehead atoms. The summed E-state index contributed by atoms with van der Waals surface area (Å²) in [6.07, 6.45) is 1.54. The summed E-state index contributed by atoms with van der Waals surface area (Å²) in [4.78, 5) is 14.1. The largest absolute Gasteiger partial charge is 0.459 e. The van der Waals surface area contributed by atoms with Crippen LogP contribution >= 0.6 is 12.2 Å². The molecule has 0 aromatic heterocycles. The summed E-state index contributed by atoms with van der Waals surface area (Å²) in [5.74, 6) is -0.194. The first-order valence-electron chi connectivity index (χ1n) is 6.35. The molecule has 2 aromatic rings. The predicted octanol–water partition coefficient (Wildman–Crippen LogP) is -0.502. The van der Waals surface area contributed by atoms with Gasteiger partial charge in [0.25, 0.3) is 0 Å². The van der Waals surface area contributed by atoms with Crippen LogP contribution in [-0.2, 0) is 4.79 Å². The quantitative estimate of drug-likeness (QED) is 0.347. The highest BCUT2D eigenvalue weighted by molar-refractivity contribution is 7.80. The van der Waals surface area contributed by atoms with Crippen LogP contribution in [0.4, 0.5) is 11.4 Å². The second-order valence-corrected chi connectivity index (χ2v) is 4.79. The van der Waals surface area contributed by atoms with Crippen molar-refractivity contribution < 1.29 is 14.9 Å². The number of rotatable bonds is 3. The van der Waals surface area contributed by atoms with Gasteiger partial charge in [-0.2, -0.15) is 4.99 Å². The van der Waals surface area contributed by atoms with Crippen molar-refractivity contribution in [2.75, 3.05) is 0 Å². The molecule has 0 aliphatic carbocycles. The van der Waals surface area contributed by atoms with Crippen LogP contribution in [0.1, 0.15) is 0 Å². The second kappa shape index (κ2) is 5.38. The first-order valence-corrected chi connectivity index (χ1v) is 6.82. The van der Waals surface area contributed by atoms with E-state index in [9.17, 15) is 9.90 Å². The Morgan fingerprint density at radius 2 is 1.90 bits per heavy atom. The zero-order valence-electron chi connectivity index (χ0n) is 11.0. The molecule has 3 rings (SSSR count). The molecule has 5 heteroatoms. The lowest BCUT2D eigenvalue weighted by molar-refractivity contribution is -0.406. The smallest absolute Gasteiger partial charge is 0.411 e. The van der Waals surface area contributed by atoms with E-state index in [0.717, 1.165) is 16.3 Å². The molecule has 0 fully saturated rings. The van der Waals surface area contributed by atoms with Crippen molar-refractivity contribution in [1.29, 1.82) is 0 Å². The molecular weight excluding hydrogens is 284 g/mol. The summed E-state index contributed by atoms with van der Waals surface area (Å²) < 4.78 is 1.62. The van der Waals surface area contributed by atoms with E-state index in [1.807, 2.05) is 42.5 Å². The number of benzene rings is 2. The number of aliphatic hydroxyl groups is 1. The fraction of sp³-hybridized carbons (Fsp3) is 0. The molecule has 4 nitrogen and oxygen atoms in total. The Balaban J connectivity index is 2.24. The minimum absolute atomic E-state index is 0.0514. The minimum atomic E-state index is -0.142. The number of carbonyl (C=O) groups excluding carboxylic acids is 1. The van der Waals surface area contributed by atoms with Crippen LogP contribution in [0, 0.1) is 0 Å². The number of hydrogen-bond acceptors (Lipinski definition) is 2. The molecule has 102 valence electrons. The Morgan fingerprint density at radius 3 is 2.62 bits per heavy atom. The molecule has 1 heterocycles. The zero-order chi connectivity index (χ0) is 14.8. The average Bonchev–Trinajstić information content (AvgIpc) is 2.88. The predicted molar refractivity (Wildman–Crippen MR) is 84.4 cm³/mol. The molecule has 1 aliphatic rings. The summed E-state index contributed by atoms with van der Waals surface area (Å²) >= 11 is 4.84. The number of nitrogens with zero attached hydrogens (tertiary/aromatic N) is 1. The molecule has 0 saturated carbocycles. The van der Waals surface area contributed by atoms with Crippen molar-refractivity contribution >= 4 is 46.8 Å². The summed E-state index contributed by atoms with van der Waals surface area (Å²) in [7, 11) is 0. The third kappa shape index (κ3) is 2.51. The van der Waals surface area contributed by atoms with E-state index in [4.69, 9.17) is 12.2 Å². The molecule has 0 unspecified atom stereocenters. The van der Waals surface area contributed by atoms with Crippen LogP contribution < -0.4 is 20.1 Å². The van der Waals surface area contributed by atoms with Crippen molar-refractivity contribution in [1.82, 2.24) is 4.58 Å². The van der Waals surface area contributed by atoms with Gasteiger partial charge < -0.3 is 5.11 Å². The number of hydrogen-bond donors (Lipinski definition) is 2. The topological polar surface area (TPSA) is 54.3 Å². The number of carbonyl (C=O) groups is 1. The maximum atomic E-state index is 11.4. The Labute approximate surface area is 126 Å². The summed E-state index contributed by atoms with van der Waals surface area (Å²) in [6.45, 7) is 0. The Kier molecular flexibility index (Phi) is 3.41. The van der Waals surface area contributed by atoms with Crippen LogP contribution in [0.3, 0.4) is 0 Å². The normalized spacial score (nSPS) is 13.8. The average molecular weight is 296 g/mol. The monoisotopic (exact) mass is 296 g/mol. The molecule has 2 N–H and O–H groups in total. The van der Waals surface area contributed by atoms with E-state index in [2.05, 4.69) is 4.99 Å². The number of thiocarbonyl (C=S) groups is 1. The van der Waals surface area contributed by atoms with Crippen LogP contribution in [0.15, 0.2) is 48.5 Å². The van der Waals surface area contributed by atoms with Gasteiger partial charge in [-0.25, -0.2) is 4.79 Å². The molecular formula is C16H12N2O2S+2. The number of amides is 1. The number of nitrogens with one attached hydrogen (secondary N) is 1. The van der Waals surface area contributed by atoms with Crippen LogP contribution in [-0.4, -0.2) is 22.3 Å². The SMILES string of the molecule is O=C1C=c2ccc([N+](=C(O)C=S)c3ccccc3)cc2=[NH+]1. The Hall–Kier alpha value is -2.66. The summed E-state index contributed by atoms with van der Waals surface area (Å²) in [5.41, 5.74) is 1.50. The van der Waals surface area contributed by atoms with Crippen molar-refractivity contribution in [3.05, 3.63) is 59.1 Å². The van der Waals surface area contributed by atoms with Gasteiger partial charge in [0, 0.05) is 18.2 Å². The summed E-state index contributed by atoms with van der Waals surface area (Å²) in [5, 5.41) is 12.9. The third-order valence-electron chi connectivity index (χ3n) is 3.19. The van der Waals surface area contributed by atoms with Crippen LogP contribution in [0.5, 0.6) is 0 Å². The van der Waals surface area contributed by atoms with E-state index < -0.39 is 0 Å². The van der Waals surface area contributed by atoms with E-state index in [1.54, 1.807) is 10.6 Å². The van der Waals surface area contributed by atoms with Gasteiger partial charge in [0.15, 0.2) is 0 Å². The third-order valence-corrected chi connectivity index (χ3v) is 3.40. The molecule has 21 heavy (non-hydrogen) atoms. The molecule has 0 saturated heterocycles. The van der Waals surface area contributed by atoms with E-state index >= 15 is 0 Å².